The molecule has 0 bridgehead atoms. The molecule has 32 heavy (non-hydrogen) atoms. The molecule has 8 nitrogen and oxygen atoms in total. The molecule has 2 aromatic carbocycles. The highest BCUT2D eigenvalue weighted by atomic mass is 16.5. The number of fused-ring (bicyclic) bond motifs is 1. The first kappa shape index (κ1) is 20.1. The second-order valence-corrected chi connectivity index (χ2v) is 7.68. The van der Waals surface area contributed by atoms with Crippen LogP contribution in [0.3, 0.4) is 0 Å². The Balaban J connectivity index is 1.73. The zero-order chi connectivity index (χ0) is 22.2. The van der Waals surface area contributed by atoms with E-state index in [0.29, 0.717) is 41.0 Å². The van der Waals surface area contributed by atoms with E-state index in [4.69, 9.17) is 24.3 Å². The number of rotatable bonds is 5. The van der Waals surface area contributed by atoms with Gasteiger partial charge in [-0.25, -0.2) is 4.68 Å². The molecule has 1 unspecified atom stereocenters. The van der Waals surface area contributed by atoms with E-state index in [1.807, 2.05) is 42.5 Å². The number of methoxy groups -OCH3 is 3. The van der Waals surface area contributed by atoms with Crippen LogP contribution in [0.25, 0.3) is 11.4 Å². The minimum absolute atomic E-state index is 0.105. The number of aromatic nitrogens is 3. The van der Waals surface area contributed by atoms with E-state index in [-0.39, 0.29) is 5.78 Å². The van der Waals surface area contributed by atoms with E-state index in [2.05, 4.69) is 5.32 Å². The van der Waals surface area contributed by atoms with Crippen molar-refractivity contribution in [1.82, 2.24) is 14.8 Å². The summed E-state index contributed by atoms with van der Waals surface area (Å²) in [5, 5.41) is 8.18. The standard InChI is InChI=1S/C24H24N4O4/c1-30-18-12-5-4-8-14(18)23-26-24-25-16-10-7-11-17(29)20(16)21(28(24)27-23)15-9-6-13-19(31-2)22(15)32-3/h4-6,8-9,12-13,21H,7,10-11H2,1-3H3,(H,25,26,27). The number of ketones is 1. The largest absolute Gasteiger partial charge is 0.496 e. The molecule has 1 aliphatic heterocycles. The summed E-state index contributed by atoms with van der Waals surface area (Å²) in [6.07, 6.45) is 2.09. The molecule has 0 saturated heterocycles. The molecule has 1 N–H and O–H groups in total. The summed E-state index contributed by atoms with van der Waals surface area (Å²) in [5.74, 6) is 3.06. The van der Waals surface area contributed by atoms with Crippen molar-refractivity contribution >= 4 is 11.7 Å². The van der Waals surface area contributed by atoms with E-state index in [1.54, 1.807) is 26.0 Å². The third kappa shape index (κ3) is 3.10. The average Bonchev–Trinajstić information content (AvgIpc) is 3.25. The molecule has 1 aromatic heterocycles. The first-order chi connectivity index (χ1) is 15.7. The summed E-state index contributed by atoms with van der Waals surface area (Å²) in [7, 11) is 4.82. The Bertz CT molecular complexity index is 1230. The molecule has 0 saturated carbocycles. The van der Waals surface area contributed by atoms with Crippen molar-refractivity contribution in [2.45, 2.75) is 25.3 Å². The number of allylic oxidation sites excluding steroid dienone is 2. The minimum atomic E-state index is -0.477. The fourth-order valence-corrected chi connectivity index (χ4v) is 4.51. The molecule has 164 valence electrons. The molecule has 0 radical (unpaired) electrons. The van der Waals surface area contributed by atoms with Gasteiger partial charge in [-0.05, 0) is 31.0 Å². The van der Waals surface area contributed by atoms with Crippen LogP contribution in [0.4, 0.5) is 5.95 Å². The van der Waals surface area contributed by atoms with Crippen LogP contribution in [-0.2, 0) is 4.79 Å². The van der Waals surface area contributed by atoms with Gasteiger partial charge in [0.25, 0.3) is 0 Å². The average molecular weight is 432 g/mol. The maximum Gasteiger partial charge on any atom is 0.226 e. The molecule has 3 aromatic rings. The normalized spacial score (nSPS) is 17.3. The highest BCUT2D eigenvalue weighted by Gasteiger charge is 2.39. The second-order valence-electron chi connectivity index (χ2n) is 7.68. The summed E-state index contributed by atoms with van der Waals surface area (Å²) < 4.78 is 18.5. The Labute approximate surface area is 185 Å². The van der Waals surface area contributed by atoms with Crippen LogP contribution in [0.2, 0.25) is 0 Å². The van der Waals surface area contributed by atoms with Gasteiger partial charge in [-0.2, -0.15) is 4.98 Å². The van der Waals surface area contributed by atoms with Gasteiger partial charge >= 0.3 is 0 Å². The van der Waals surface area contributed by atoms with E-state index >= 15 is 0 Å². The van der Waals surface area contributed by atoms with Crippen LogP contribution < -0.4 is 19.5 Å². The number of carbonyl (C=O) groups is 1. The van der Waals surface area contributed by atoms with Gasteiger partial charge in [0, 0.05) is 23.3 Å². The van der Waals surface area contributed by atoms with Gasteiger partial charge < -0.3 is 19.5 Å². The quantitative estimate of drug-likeness (QED) is 0.652. The highest BCUT2D eigenvalue weighted by Crippen LogP contribution is 2.45. The van der Waals surface area contributed by atoms with Gasteiger partial charge in [0.2, 0.25) is 5.95 Å². The maximum absolute atomic E-state index is 13.1. The molecule has 0 fully saturated rings. The van der Waals surface area contributed by atoms with Gasteiger partial charge in [0.15, 0.2) is 23.1 Å². The first-order valence-electron chi connectivity index (χ1n) is 10.5. The number of ether oxygens (including phenoxy) is 3. The molecule has 0 spiro atoms. The predicted octanol–water partition coefficient (Wildman–Crippen LogP) is 3.99. The lowest BCUT2D eigenvalue weighted by molar-refractivity contribution is -0.116. The first-order valence-corrected chi connectivity index (χ1v) is 10.5. The highest BCUT2D eigenvalue weighted by molar-refractivity contribution is 5.99. The van der Waals surface area contributed by atoms with Crippen LogP contribution >= 0.6 is 0 Å². The van der Waals surface area contributed by atoms with Crippen molar-refractivity contribution in [3.63, 3.8) is 0 Å². The van der Waals surface area contributed by atoms with Crippen molar-refractivity contribution < 1.29 is 19.0 Å². The van der Waals surface area contributed by atoms with E-state index in [0.717, 1.165) is 29.7 Å². The van der Waals surface area contributed by atoms with Crippen molar-refractivity contribution in [2.24, 2.45) is 0 Å². The van der Waals surface area contributed by atoms with Crippen LogP contribution in [0.5, 0.6) is 17.2 Å². The number of nitrogens with one attached hydrogen (secondary N) is 1. The topological polar surface area (TPSA) is 87.5 Å². The lowest BCUT2D eigenvalue weighted by atomic mass is 9.85. The molecule has 1 atom stereocenters. The van der Waals surface area contributed by atoms with Crippen molar-refractivity contribution in [2.75, 3.05) is 26.6 Å². The Hall–Kier alpha value is -3.81. The van der Waals surface area contributed by atoms with Gasteiger partial charge in [-0.15, -0.1) is 5.10 Å². The Kier molecular flexibility index (Phi) is 5.05. The Morgan fingerprint density at radius 2 is 1.75 bits per heavy atom. The SMILES string of the molecule is COc1ccccc1-c1nc2n(n1)C(c1cccc(OC)c1OC)C1=C(CCCC1=O)N2. The molecule has 2 aliphatic rings. The molecular formula is C24H24N4O4. The molecular weight excluding hydrogens is 408 g/mol. The minimum Gasteiger partial charge on any atom is -0.496 e. The number of carbonyl (C=O) groups excluding carboxylic acids is 1. The smallest absolute Gasteiger partial charge is 0.226 e. The van der Waals surface area contributed by atoms with Crippen molar-refractivity contribution in [3.8, 4) is 28.6 Å². The number of para-hydroxylation sites is 2. The van der Waals surface area contributed by atoms with Gasteiger partial charge in [-0.1, -0.05) is 24.3 Å². The van der Waals surface area contributed by atoms with E-state index in [1.165, 1.54) is 0 Å². The number of hydrogen-bond acceptors (Lipinski definition) is 7. The molecule has 5 rings (SSSR count). The summed E-state index contributed by atoms with van der Waals surface area (Å²) in [6.45, 7) is 0. The molecule has 2 heterocycles. The predicted molar refractivity (Wildman–Crippen MR) is 119 cm³/mol. The van der Waals surface area contributed by atoms with Gasteiger partial charge in [0.1, 0.15) is 11.8 Å². The van der Waals surface area contributed by atoms with Crippen molar-refractivity contribution in [1.29, 1.82) is 0 Å². The number of hydrogen-bond donors (Lipinski definition) is 1. The zero-order valence-corrected chi connectivity index (χ0v) is 18.2. The Morgan fingerprint density at radius 1 is 0.969 bits per heavy atom. The number of anilines is 1. The maximum atomic E-state index is 13.1. The molecule has 0 amide bonds. The van der Waals surface area contributed by atoms with Gasteiger partial charge in [-0.3, -0.25) is 4.79 Å². The lowest BCUT2D eigenvalue weighted by Crippen LogP contribution is -2.31. The fraction of sp³-hybridized carbons (Fsp3) is 0.292. The summed E-state index contributed by atoms with van der Waals surface area (Å²) in [6, 6.07) is 12.8. The lowest BCUT2D eigenvalue weighted by Gasteiger charge is -2.32. The molecule has 1 aliphatic carbocycles. The number of benzene rings is 2. The van der Waals surface area contributed by atoms with Crippen LogP contribution in [0.1, 0.15) is 30.9 Å². The van der Waals surface area contributed by atoms with Gasteiger partial charge in [0.05, 0.1) is 26.9 Å². The summed E-state index contributed by atoms with van der Waals surface area (Å²) in [5.41, 5.74) is 3.17. The number of nitrogens with zero attached hydrogens (tertiary/aromatic N) is 3. The van der Waals surface area contributed by atoms with Crippen LogP contribution in [0, 0.1) is 0 Å². The zero-order valence-electron chi connectivity index (χ0n) is 18.2. The second kappa shape index (κ2) is 8.03. The molecule has 8 heteroatoms. The van der Waals surface area contributed by atoms with Crippen LogP contribution in [0.15, 0.2) is 53.7 Å². The third-order valence-electron chi connectivity index (χ3n) is 5.94. The summed E-state index contributed by atoms with van der Waals surface area (Å²) >= 11 is 0. The summed E-state index contributed by atoms with van der Waals surface area (Å²) in [4.78, 5) is 17.9. The Morgan fingerprint density at radius 3 is 2.53 bits per heavy atom. The number of Topliss-reactive ketones (excluding diaryl/α,β-unsaturated/α-hetero) is 1. The monoisotopic (exact) mass is 432 g/mol. The van der Waals surface area contributed by atoms with Crippen LogP contribution in [-0.4, -0.2) is 41.9 Å². The van der Waals surface area contributed by atoms with Crippen molar-refractivity contribution in [3.05, 3.63) is 59.3 Å². The fourth-order valence-electron chi connectivity index (χ4n) is 4.51. The third-order valence-corrected chi connectivity index (χ3v) is 5.94. The van der Waals surface area contributed by atoms with E-state index in [9.17, 15) is 4.79 Å². The van der Waals surface area contributed by atoms with E-state index < -0.39 is 6.04 Å².